The lowest BCUT2D eigenvalue weighted by Crippen LogP contribution is -2.12. The minimum absolute atomic E-state index is 0.260. The quantitative estimate of drug-likeness (QED) is 0.590. The van der Waals surface area contributed by atoms with Crippen LogP contribution in [0.4, 0.5) is 5.13 Å². The summed E-state index contributed by atoms with van der Waals surface area (Å²) in [5.41, 5.74) is 3.14. The number of nitriles is 1. The van der Waals surface area contributed by atoms with Gasteiger partial charge in [-0.05, 0) is 24.3 Å². The van der Waals surface area contributed by atoms with Gasteiger partial charge in [0.25, 0.3) is 5.91 Å². The summed E-state index contributed by atoms with van der Waals surface area (Å²) in [5, 5.41) is 14.2. The summed E-state index contributed by atoms with van der Waals surface area (Å²) < 4.78 is 0. The van der Waals surface area contributed by atoms with Gasteiger partial charge in [-0.15, -0.1) is 11.3 Å². The normalized spacial score (nSPS) is 10.5. The third-order valence-corrected chi connectivity index (χ3v) is 4.36. The van der Waals surface area contributed by atoms with Crippen LogP contribution in [0.5, 0.6) is 0 Å². The van der Waals surface area contributed by atoms with Crippen molar-refractivity contribution in [3.63, 3.8) is 0 Å². The van der Waals surface area contributed by atoms with Crippen LogP contribution < -0.4 is 5.32 Å². The number of nitrogens with one attached hydrogen (secondary N) is 2. The minimum atomic E-state index is -0.260. The number of amides is 1. The van der Waals surface area contributed by atoms with E-state index < -0.39 is 0 Å². The van der Waals surface area contributed by atoms with Gasteiger partial charge in [0.1, 0.15) is 11.3 Å². The van der Waals surface area contributed by atoms with Gasteiger partial charge < -0.3 is 4.98 Å². The molecule has 0 unspecified atom stereocenters. The van der Waals surface area contributed by atoms with Gasteiger partial charge in [-0.1, -0.05) is 18.2 Å². The van der Waals surface area contributed by atoms with Gasteiger partial charge in [0.05, 0.1) is 22.7 Å². The lowest BCUT2D eigenvalue weighted by Gasteiger charge is -2.02. The number of aromatic nitrogens is 3. The van der Waals surface area contributed by atoms with Gasteiger partial charge >= 0.3 is 0 Å². The molecule has 0 atom stereocenters. The van der Waals surface area contributed by atoms with Gasteiger partial charge in [-0.25, -0.2) is 9.97 Å². The molecular formula is C18H11N5OS. The fourth-order valence-electron chi connectivity index (χ4n) is 2.54. The molecule has 2 heterocycles. The summed E-state index contributed by atoms with van der Waals surface area (Å²) >= 11 is 1.36. The summed E-state index contributed by atoms with van der Waals surface area (Å²) in [4.78, 5) is 24.4. The Morgan fingerprint density at radius 3 is 2.92 bits per heavy atom. The first kappa shape index (κ1) is 15.1. The van der Waals surface area contributed by atoms with Crippen molar-refractivity contribution < 1.29 is 4.79 Å². The third kappa shape index (κ3) is 2.86. The number of carbonyl (C=O) groups is 1. The smallest absolute Gasteiger partial charge is 0.259 e. The predicted molar refractivity (Wildman–Crippen MR) is 96.3 cm³/mol. The average Bonchev–Trinajstić information content (AvgIpc) is 3.30. The van der Waals surface area contributed by atoms with E-state index in [0.717, 1.165) is 11.1 Å². The summed E-state index contributed by atoms with van der Waals surface area (Å²) in [6.07, 6.45) is 1.63. The number of rotatable bonds is 3. The molecule has 0 aliphatic carbocycles. The summed E-state index contributed by atoms with van der Waals surface area (Å²) in [6, 6.07) is 14.7. The largest absolute Gasteiger partial charge is 0.338 e. The zero-order chi connectivity index (χ0) is 17.2. The number of H-pyrrole nitrogens is 1. The Morgan fingerprint density at radius 2 is 2.12 bits per heavy atom. The molecule has 120 valence electrons. The molecule has 2 aromatic heterocycles. The second kappa shape index (κ2) is 6.19. The Labute approximate surface area is 146 Å². The highest BCUT2D eigenvalue weighted by molar-refractivity contribution is 7.13. The van der Waals surface area contributed by atoms with Crippen molar-refractivity contribution in [2.75, 3.05) is 5.32 Å². The highest BCUT2D eigenvalue weighted by Gasteiger charge is 2.15. The van der Waals surface area contributed by atoms with Crippen molar-refractivity contribution >= 4 is 33.4 Å². The Kier molecular flexibility index (Phi) is 3.72. The molecule has 0 radical (unpaired) electrons. The molecule has 25 heavy (non-hydrogen) atoms. The number of fused-ring (bicyclic) bond motifs is 1. The van der Waals surface area contributed by atoms with Crippen molar-refractivity contribution in [3.05, 3.63) is 65.2 Å². The Balaban J connectivity index is 1.76. The Hall–Kier alpha value is -3.50. The van der Waals surface area contributed by atoms with Gasteiger partial charge in [0.15, 0.2) is 5.13 Å². The summed E-state index contributed by atoms with van der Waals surface area (Å²) in [7, 11) is 0. The number of carbonyl (C=O) groups excluding carboxylic acids is 1. The van der Waals surface area contributed by atoms with Gasteiger partial charge in [-0.3, -0.25) is 10.1 Å². The maximum atomic E-state index is 12.5. The second-order valence-corrected chi connectivity index (χ2v) is 6.17. The maximum absolute atomic E-state index is 12.5. The molecule has 0 aliphatic rings. The highest BCUT2D eigenvalue weighted by atomic mass is 32.1. The second-order valence-electron chi connectivity index (χ2n) is 5.27. The van der Waals surface area contributed by atoms with E-state index >= 15 is 0 Å². The molecule has 6 nitrogen and oxygen atoms in total. The van der Waals surface area contributed by atoms with E-state index in [1.807, 2.05) is 12.1 Å². The topological polar surface area (TPSA) is 94.5 Å². The van der Waals surface area contributed by atoms with Crippen LogP contribution >= 0.6 is 11.3 Å². The van der Waals surface area contributed by atoms with Gasteiger partial charge in [0.2, 0.25) is 0 Å². The Morgan fingerprint density at radius 1 is 1.24 bits per heavy atom. The maximum Gasteiger partial charge on any atom is 0.259 e. The number of anilines is 1. The fourth-order valence-corrected chi connectivity index (χ4v) is 3.06. The molecule has 1 amide bonds. The fraction of sp³-hybridized carbons (Fsp3) is 0. The molecule has 4 rings (SSSR count). The van der Waals surface area contributed by atoms with E-state index in [1.54, 1.807) is 41.9 Å². The molecule has 4 aromatic rings. The molecule has 2 aromatic carbocycles. The van der Waals surface area contributed by atoms with Crippen molar-refractivity contribution in [2.45, 2.75) is 0 Å². The molecule has 0 saturated carbocycles. The monoisotopic (exact) mass is 345 g/mol. The highest BCUT2D eigenvalue weighted by Crippen LogP contribution is 2.24. The van der Waals surface area contributed by atoms with Crippen LogP contribution in [-0.2, 0) is 0 Å². The van der Waals surface area contributed by atoms with Crippen LogP contribution in [-0.4, -0.2) is 20.9 Å². The van der Waals surface area contributed by atoms with Crippen LogP contribution in [0, 0.1) is 11.3 Å². The van der Waals surface area contributed by atoms with Crippen molar-refractivity contribution in [1.29, 1.82) is 5.26 Å². The number of imidazole rings is 1. The van der Waals surface area contributed by atoms with Crippen LogP contribution in [0.15, 0.2) is 54.0 Å². The van der Waals surface area contributed by atoms with E-state index in [1.165, 1.54) is 11.3 Å². The van der Waals surface area contributed by atoms with E-state index in [-0.39, 0.29) is 5.91 Å². The number of para-hydroxylation sites is 1. The molecule has 0 saturated heterocycles. The Bertz CT molecular complexity index is 1110. The van der Waals surface area contributed by atoms with E-state index in [9.17, 15) is 4.79 Å². The predicted octanol–water partition coefficient (Wildman–Crippen LogP) is 3.81. The molecule has 7 heteroatoms. The number of aromatic amines is 1. The zero-order valence-corrected chi connectivity index (χ0v) is 13.7. The van der Waals surface area contributed by atoms with Crippen molar-refractivity contribution in [3.8, 4) is 17.5 Å². The summed E-state index contributed by atoms with van der Waals surface area (Å²) in [6.45, 7) is 0. The number of hydrogen-bond donors (Lipinski definition) is 2. The molecule has 0 fully saturated rings. The third-order valence-electron chi connectivity index (χ3n) is 3.68. The number of thiazole rings is 1. The van der Waals surface area contributed by atoms with E-state index in [0.29, 0.717) is 27.6 Å². The van der Waals surface area contributed by atoms with E-state index in [4.69, 9.17) is 5.26 Å². The first-order chi connectivity index (χ1) is 12.2. The minimum Gasteiger partial charge on any atom is -0.338 e. The van der Waals surface area contributed by atoms with Crippen molar-refractivity contribution in [2.24, 2.45) is 0 Å². The van der Waals surface area contributed by atoms with Gasteiger partial charge in [-0.2, -0.15) is 5.26 Å². The van der Waals surface area contributed by atoms with Crippen LogP contribution in [0.3, 0.4) is 0 Å². The lowest BCUT2D eigenvalue weighted by molar-refractivity contribution is 0.102. The zero-order valence-electron chi connectivity index (χ0n) is 12.9. The number of benzene rings is 2. The summed E-state index contributed by atoms with van der Waals surface area (Å²) in [5.74, 6) is 0.353. The lowest BCUT2D eigenvalue weighted by atomic mass is 10.1. The first-order valence-corrected chi connectivity index (χ1v) is 8.32. The number of nitrogens with zero attached hydrogens (tertiary/aromatic N) is 3. The molecule has 0 bridgehead atoms. The van der Waals surface area contributed by atoms with Crippen LogP contribution in [0.25, 0.3) is 22.4 Å². The van der Waals surface area contributed by atoms with E-state index in [2.05, 4.69) is 26.3 Å². The SMILES string of the molecule is N#Cc1cccc(-c2nc3c(C(=O)Nc4nccs4)cccc3[nH]2)c1. The molecule has 0 spiro atoms. The van der Waals surface area contributed by atoms with Crippen LogP contribution in [0.2, 0.25) is 0 Å². The first-order valence-electron chi connectivity index (χ1n) is 7.45. The molecule has 0 aliphatic heterocycles. The van der Waals surface area contributed by atoms with Gasteiger partial charge in [0, 0.05) is 17.1 Å². The molecular weight excluding hydrogens is 334 g/mol. The number of hydrogen-bond acceptors (Lipinski definition) is 5. The van der Waals surface area contributed by atoms with Crippen LogP contribution in [0.1, 0.15) is 15.9 Å². The molecule has 2 N–H and O–H groups in total. The van der Waals surface area contributed by atoms with Crippen molar-refractivity contribution in [1.82, 2.24) is 15.0 Å². The average molecular weight is 345 g/mol. The standard InChI is InChI=1S/C18H11N5OS/c19-10-11-3-1-4-12(9-11)16-21-14-6-2-5-13(15(14)22-16)17(24)23-18-20-7-8-25-18/h1-9H,(H,21,22)(H,20,23,24).